The molecule has 0 aliphatic carbocycles. The lowest BCUT2D eigenvalue weighted by atomic mass is 9.96. The molecule has 61 heavy (non-hydrogen) atoms. The maximum Gasteiger partial charge on any atom is 0.0443 e. The lowest BCUT2D eigenvalue weighted by Gasteiger charge is -2.26. The van der Waals surface area contributed by atoms with Gasteiger partial charge < -0.3 is 15.5 Å². The topological polar surface area (TPSA) is 39.0 Å². The van der Waals surface area contributed by atoms with Crippen LogP contribution in [0.5, 0.6) is 0 Å². The average molecular weight is 860 g/mol. The Balaban J connectivity index is 0.000000393. The van der Waals surface area contributed by atoms with Crippen molar-refractivity contribution in [1.82, 2.24) is 9.80 Å². The normalized spacial score (nSPS) is 12.2. The fourth-order valence-electron chi connectivity index (χ4n) is 7.71. The first-order valence-corrected chi connectivity index (χ1v) is 24.9. The van der Waals surface area contributed by atoms with Gasteiger partial charge in [0, 0.05) is 99.0 Å². The van der Waals surface area contributed by atoms with Gasteiger partial charge in [0.2, 0.25) is 0 Å². The average Bonchev–Trinajstić information content (AvgIpc) is 3.31. The Kier molecular flexibility index (Phi) is 24.1. The Bertz CT molecular complexity index is 2090. The van der Waals surface area contributed by atoms with Crippen LogP contribution in [0.15, 0.2) is 126 Å². The van der Waals surface area contributed by atoms with Crippen molar-refractivity contribution in [3.63, 3.8) is 0 Å². The molecule has 0 radical (unpaired) electrons. The van der Waals surface area contributed by atoms with Crippen LogP contribution in [0.2, 0.25) is 0 Å². The Morgan fingerprint density at radius 2 is 1.18 bits per heavy atom. The molecular weight excluding hydrogens is 783 g/mol. The summed E-state index contributed by atoms with van der Waals surface area (Å²) in [7, 11) is 7.92. The second-order valence-corrected chi connectivity index (χ2v) is 17.1. The van der Waals surface area contributed by atoms with Gasteiger partial charge in [-0.1, -0.05) is 143 Å². The summed E-state index contributed by atoms with van der Waals surface area (Å²) in [6.45, 7) is 20.2. The predicted molar refractivity (Wildman–Crippen MR) is 279 cm³/mol. The molecule has 5 nitrogen and oxygen atoms in total. The summed E-state index contributed by atoms with van der Waals surface area (Å²) in [5.74, 6) is 2.52. The van der Waals surface area contributed by atoms with Gasteiger partial charge in [-0.15, -0.1) is 11.8 Å². The first-order chi connectivity index (χ1) is 29.8. The Hall–Kier alpha value is -3.98. The molecule has 1 heterocycles. The summed E-state index contributed by atoms with van der Waals surface area (Å²) in [6.07, 6.45) is 4.46. The van der Waals surface area contributed by atoms with E-state index < -0.39 is 0 Å². The molecule has 1 fully saturated rings. The highest BCUT2D eigenvalue weighted by atomic mass is 32.2. The van der Waals surface area contributed by atoms with Gasteiger partial charge in [0.15, 0.2) is 0 Å². The maximum atomic E-state index is 4.50. The van der Waals surface area contributed by atoms with E-state index in [4.69, 9.17) is 0 Å². The van der Waals surface area contributed by atoms with Crippen molar-refractivity contribution in [3.8, 4) is 11.1 Å². The van der Waals surface area contributed by atoms with Crippen LogP contribution in [0.4, 0.5) is 11.4 Å². The van der Waals surface area contributed by atoms with E-state index in [0.717, 1.165) is 39.1 Å². The zero-order valence-corrected chi connectivity index (χ0v) is 41.1. The summed E-state index contributed by atoms with van der Waals surface area (Å²) in [6, 6.07) is 44.8. The van der Waals surface area contributed by atoms with Crippen LogP contribution < -0.4 is 15.5 Å². The van der Waals surface area contributed by atoms with E-state index in [2.05, 4.69) is 200 Å². The van der Waals surface area contributed by atoms with Gasteiger partial charge in [-0.2, -0.15) is 11.8 Å². The number of hydrogen-bond acceptors (Lipinski definition) is 7. The molecule has 0 aromatic heterocycles. The number of anilines is 2. The third-order valence-electron chi connectivity index (χ3n) is 10.7. The molecule has 330 valence electrons. The molecule has 0 saturated carbocycles. The second-order valence-electron chi connectivity index (χ2n) is 15.0. The van der Waals surface area contributed by atoms with Crippen LogP contribution in [0, 0.1) is 6.92 Å². The number of nitrogens with zero attached hydrogens (tertiary/aromatic N) is 4. The van der Waals surface area contributed by atoms with Crippen molar-refractivity contribution in [2.24, 2.45) is 5.73 Å². The van der Waals surface area contributed by atoms with Gasteiger partial charge in [-0.05, 0) is 90.8 Å². The number of aryl methyl sites for hydroxylation is 1. The summed E-state index contributed by atoms with van der Waals surface area (Å²) in [5, 5.41) is 5.34. The highest BCUT2D eigenvalue weighted by molar-refractivity contribution is 7.99. The third kappa shape index (κ3) is 15.4. The van der Waals surface area contributed by atoms with Gasteiger partial charge in [0.1, 0.15) is 0 Å². The molecule has 0 unspecified atom stereocenters. The van der Waals surface area contributed by atoms with E-state index in [1.165, 1.54) is 104 Å². The number of nitrogens with two attached hydrogens (primary N) is 1. The van der Waals surface area contributed by atoms with Gasteiger partial charge in [-0.25, -0.2) is 0 Å². The van der Waals surface area contributed by atoms with Crippen LogP contribution in [-0.4, -0.2) is 88.5 Å². The van der Waals surface area contributed by atoms with Crippen LogP contribution >= 0.6 is 23.5 Å². The molecule has 7 rings (SSSR count). The highest BCUT2D eigenvalue weighted by Crippen LogP contribution is 2.35. The van der Waals surface area contributed by atoms with Crippen molar-refractivity contribution >= 4 is 56.4 Å². The largest absolute Gasteiger partial charge is 0.377 e. The number of rotatable bonds is 14. The van der Waals surface area contributed by atoms with E-state index in [-0.39, 0.29) is 0 Å². The van der Waals surface area contributed by atoms with Crippen LogP contribution in [0.3, 0.4) is 0 Å². The molecule has 1 aliphatic rings. The number of hydrogen-bond donors (Lipinski definition) is 1. The molecule has 7 heteroatoms. The molecule has 1 aliphatic heterocycles. The summed E-state index contributed by atoms with van der Waals surface area (Å²) in [5.41, 5.74) is 13.9. The van der Waals surface area contributed by atoms with Crippen LogP contribution in [0.25, 0.3) is 32.7 Å². The fraction of sp³-hybridized carbons (Fsp3) is 0.407. The monoisotopic (exact) mass is 860 g/mol. The maximum absolute atomic E-state index is 4.50. The Morgan fingerprint density at radius 1 is 0.623 bits per heavy atom. The molecule has 1 saturated heterocycles. The van der Waals surface area contributed by atoms with Gasteiger partial charge >= 0.3 is 0 Å². The zero-order chi connectivity index (χ0) is 44.6. The van der Waals surface area contributed by atoms with Gasteiger partial charge in [-0.3, -0.25) is 9.80 Å². The number of fused-ring (bicyclic) bond motifs is 2. The molecule has 0 amide bonds. The number of thioether (sulfide) groups is 2. The first kappa shape index (κ1) is 51.4. The fourth-order valence-corrected chi connectivity index (χ4v) is 9.30. The minimum atomic E-state index is 1.03. The van der Waals surface area contributed by atoms with E-state index in [9.17, 15) is 0 Å². The minimum Gasteiger partial charge on any atom is -0.377 e. The first-order valence-electron chi connectivity index (χ1n) is 22.6. The van der Waals surface area contributed by atoms with Gasteiger partial charge in [0.05, 0.1) is 0 Å². The van der Waals surface area contributed by atoms with Crippen LogP contribution in [-0.2, 0) is 13.1 Å². The smallest absolute Gasteiger partial charge is 0.0443 e. The van der Waals surface area contributed by atoms with Crippen molar-refractivity contribution in [2.75, 3.05) is 88.5 Å². The molecule has 0 spiro atoms. The lowest BCUT2D eigenvalue weighted by molar-refractivity contribution is 0.264. The lowest BCUT2D eigenvalue weighted by Crippen LogP contribution is -2.31. The Morgan fingerprint density at radius 3 is 1.80 bits per heavy atom. The molecule has 0 bridgehead atoms. The predicted octanol–water partition coefficient (Wildman–Crippen LogP) is 13.4. The summed E-state index contributed by atoms with van der Waals surface area (Å²) in [4.78, 5) is 11.1. The van der Waals surface area contributed by atoms with Crippen LogP contribution in [0.1, 0.15) is 64.2 Å². The SMILES string of the molecule is CC.CC.CCCN(CCCN(C)c1cccc2c(-c3ccc(CN4CCSCC4)cc3)cccc12)Cc1ccc(C)cc1.CN.CSc1cccc2c(N(C)C)cccc12. The summed E-state index contributed by atoms with van der Waals surface area (Å²) >= 11 is 3.87. The quantitative estimate of drug-likeness (QED) is 0.109. The number of benzene rings is 6. The minimum absolute atomic E-state index is 1.03. The van der Waals surface area contributed by atoms with E-state index in [0.29, 0.717) is 0 Å². The van der Waals surface area contributed by atoms with E-state index in [1.807, 2.05) is 27.7 Å². The Labute approximate surface area is 380 Å². The molecule has 2 N–H and O–H groups in total. The third-order valence-corrected chi connectivity index (χ3v) is 12.4. The molecular formula is C54H77N5S2. The summed E-state index contributed by atoms with van der Waals surface area (Å²) < 4.78 is 0. The van der Waals surface area contributed by atoms with Gasteiger partial charge in [0.25, 0.3) is 0 Å². The molecule has 0 atom stereocenters. The van der Waals surface area contributed by atoms with E-state index in [1.54, 1.807) is 11.8 Å². The highest BCUT2D eigenvalue weighted by Gasteiger charge is 2.14. The standard InChI is InChI=1S/C36H45N3S.C13H15NS.2C2H6.CH5N/c1-4-20-38(27-30-14-12-29(2)13-15-30)22-7-21-37(3)36-11-6-9-34-33(8-5-10-35(34)36)32-18-16-31(17-19-32)28-39-23-25-40-26-24-39;1-14(2)12-8-4-7-11-10(12)6-5-9-13(11)15-3;3*1-2/h5-6,8-19H,4,7,20-28H2,1-3H3;4-9H,1-3H3;2*1-2H3;2H2,1H3. The van der Waals surface area contributed by atoms with E-state index >= 15 is 0 Å². The van der Waals surface area contributed by atoms with Crippen molar-refractivity contribution in [3.05, 3.63) is 138 Å². The van der Waals surface area contributed by atoms with Crippen molar-refractivity contribution in [2.45, 2.75) is 72.4 Å². The zero-order valence-electron chi connectivity index (χ0n) is 39.5. The van der Waals surface area contributed by atoms with Crippen molar-refractivity contribution < 1.29 is 0 Å². The molecule has 6 aromatic carbocycles. The van der Waals surface area contributed by atoms with Crippen molar-refractivity contribution in [1.29, 1.82) is 0 Å². The second kappa shape index (κ2) is 28.6. The molecule has 6 aromatic rings.